The molecule has 0 aromatic rings. The molecule has 0 saturated carbocycles. The number of hydrogen-bond acceptors (Lipinski definition) is 15. The van der Waals surface area contributed by atoms with E-state index in [2.05, 4.69) is 41.5 Å². The van der Waals surface area contributed by atoms with Crippen molar-refractivity contribution in [2.45, 2.75) is 368 Å². The first kappa shape index (κ1) is 86.1. The highest BCUT2D eigenvalue weighted by molar-refractivity contribution is 7.47. The van der Waals surface area contributed by atoms with Crippen LogP contribution in [-0.4, -0.2) is 96.7 Å². The summed E-state index contributed by atoms with van der Waals surface area (Å²) in [6, 6.07) is 0. The minimum Gasteiger partial charge on any atom is -0.462 e. The molecule has 17 nitrogen and oxygen atoms in total. The molecule has 0 aliphatic carbocycles. The first-order valence-corrected chi connectivity index (χ1v) is 39.1. The van der Waals surface area contributed by atoms with Crippen molar-refractivity contribution in [3.05, 3.63) is 0 Å². The molecule has 7 atom stereocenters. The molecule has 3 N–H and O–H groups in total. The summed E-state index contributed by atoms with van der Waals surface area (Å²) < 4.78 is 68.2. The van der Waals surface area contributed by atoms with Gasteiger partial charge in [-0.05, 0) is 37.5 Å². The average Bonchev–Trinajstić information content (AvgIpc) is 3.58. The third kappa shape index (κ3) is 60.3. The van der Waals surface area contributed by atoms with Crippen LogP contribution in [0.2, 0.25) is 0 Å². The Labute approximate surface area is 537 Å². The summed E-state index contributed by atoms with van der Waals surface area (Å²) in [4.78, 5) is 72.5. The lowest BCUT2D eigenvalue weighted by molar-refractivity contribution is -0.161. The molecule has 4 unspecified atom stereocenters. The highest BCUT2D eigenvalue weighted by atomic mass is 31.2. The summed E-state index contributed by atoms with van der Waals surface area (Å²) in [5.41, 5.74) is 0. The van der Waals surface area contributed by atoms with E-state index in [-0.39, 0.29) is 25.7 Å². The second-order valence-corrected chi connectivity index (χ2v) is 28.3. The van der Waals surface area contributed by atoms with E-state index in [1.807, 2.05) is 0 Å². The van der Waals surface area contributed by atoms with Crippen molar-refractivity contribution < 1.29 is 80.2 Å². The Kier molecular flexibility index (Phi) is 59.9. The van der Waals surface area contributed by atoms with Crippen molar-refractivity contribution in [2.75, 3.05) is 39.6 Å². The van der Waals surface area contributed by atoms with Gasteiger partial charge in [0.1, 0.15) is 19.3 Å². The lowest BCUT2D eigenvalue weighted by atomic mass is 9.99. The van der Waals surface area contributed by atoms with Crippen molar-refractivity contribution in [1.29, 1.82) is 0 Å². The fourth-order valence-corrected chi connectivity index (χ4v) is 11.9. The van der Waals surface area contributed by atoms with E-state index in [9.17, 15) is 43.2 Å². The SMILES string of the molecule is CCCCCCCCCCCCCCCC(=O)OC[C@H](COP(=O)(O)OC[C@@H](O)COP(=O)(O)OC[C@@H](COC(=O)CCCCCCCCCCC)OC(=O)CCCCCCCCCCC(C)CC)OC(=O)CCCCCCCCCCCCC(C)CC. The quantitative estimate of drug-likeness (QED) is 0.0222. The van der Waals surface area contributed by atoms with E-state index in [1.165, 1.54) is 167 Å². The van der Waals surface area contributed by atoms with Gasteiger partial charge >= 0.3 is 39.5 Å². The number of phosphoric acid groups is 2. The van der Waals surface area contributed by atoms with Crippen LogP contribution in [0.5, 0.6) is 0 Å². The topological polar surface area (TPSA) is 237 Å². The zero-order chi connectivity index (χ0) is 65.0. The molecule has 0 saturated heterocycles. The Morgan fingerprint density at radius 2 is 0.545 bits per heavy atom. The molecule has 0 aromatic heterocycles. The first-order chi connectivity index (χ1) is 42.4. The van der Waals surface area contributed by atoms with E-state index in [0.717, 1.165) is 102 Å². The molecule has 0 spiro atoms. The van der Waals surface area contributed by atoms with E-state index in [0.29, 0.717) is 25.7 Å². The van der Waals surface area contributed by atoms with Gasteiger partial charge in [-0.2, -0.15) is 0 Å². The minimum atomic E-state index is -4.95. The van der Waals surface area contributed by atoms with Crippen LogP contribution in [-0.2, 0) is 65.4 Å². The number of phosphoric ester groups is 2. The van der Waals surface area contributed by atoms with Gasteiger partial charge in [-0.3, -0.25) is 37.3 Å². The van der Waals surface area contributed by atoms with Crippen molar-refractivity contribution in [2.24, 2.45) is 11.8 Å². The van der Waals surface area contributed by atoms with Gasteiger partial charge in [0, 0.05) is 25.7 Å². The maximum atomic E-state index is 13.0. The van der Waals surface area contributed by atoms with E-state index < -0.39 is 97.5 Å². The van der Waals surface area contributed by atoms with Crippen LogP contribution in [0.3, 0.4) is 0 Å². The fourth-order valence-electron chi connectivity index (χ4n) is 10.4. The number of hydrogen-bond donors (Lipinski definition) is 3. The van der Waals surface area contributed by atoms with Crippen LogP contribution in [0, 0.1) is 11.8 Å². The van der Waals surface area contributed by atoms with Crippen molar-refractivity contribution in [3.8, 4) is 0 Å². The number of carbonyl (C=O) groups excluding carboxylic acids is 4. The second kappa shape index (κ2) is 61.3. The average molecular weight is 1300 g/mol. The zero-order valence-electron chi connectivity index (χ0n) is 57.0. The molecule has 19 heteroatoms. The van der Waals surface area contributed by atoms with Crippen LogP contribution in [0.25, 0.3) is 0 Å². The molecule has 0 rings (SSSR count). The van der Waals surface area contributed by atoms with Gasteiger partial charge in [0.15, 0.2) is 12.2 Å². The molecule has 0 radical (unpaired) electrons. The Hall–Kier alpha value is -1.94. The number of aliphatic hydroxyl groups is 1. The molecule has 0 aliphatic rings. The maximum Gasteiger partial charge on any atom is 0.472 e. The number of rotatable bonds is 68. The summed E-state index contributed by atoms with van der Waals surface area (Å²) in [5.74, 6) is -0.554. The van der Waals surface area contributed by atoms with Crippen LogP contribution in [0.1, 0.15) is 350 Å². The lowest BCUT2D eigenvalue weighted by Crippen LogP contribution is -2.30. The largest absolute Gasteiger partial charge is 0.472 e. The molecular formula is C69H134O17P2. The number of ether oxygens (including phenoxy) is 4. The minimum absolute atomic E-state index is 0.105. The molecule has 0 fully saturated rings. The van der Waals surface area contributed by atoms with Gasteiger partial charge < -0.3 is 33.8 Å². The molecule has 522 valence electrons. The summed E-state index contributed by atoms with van der Waals surface area (Å²) >= 11 is 0. The smallest absolute Gasteiger partial charge is 0.462 e. The summed E-state index contributed by atoms with van der Waals surface area (Å²) in [6.45, 7) is 9.55. The van der Waals surface area contributed by atoms with Gasteiger partial charge in [-0.1, -0.05) is 298 Å². The van der Waals surface area contributed by atoms with Gasteiger partial charge in [-0.15, -0.1) is 0 Å². The Balaban J connectivity index is 5.26. The summed E-state index contributed by atoms with van der Waals surface area (Å²) in [6.07, 6.45) is 45.6. The maximum absolute atomic E-state index is 13.0. The van der Waals surface area contributed by atoms with Gasteiger partial charge in [0.05, 0.1) is 26.4 Å². The summed E-state index contributed by atoms with van der Waals surface area (Å²) in [7, 11) is -9.90. The Bertz CT molecular complexity index is 1720. The zero-order valence-corrected chi connectivity index (χ0v) is 58.8. The lowest BCUT2D eigenvalue weighted by Gasteiger charge is -2.21. The monoisotopic (exact) mass is 1300 g/mol. The normalized spacial score (nSPS) is 14.8. The van der Waals surface area contributed by atoms with Crippen LogP contribution < -0.4 is 0 Å². The number of carbonyl (C=O) groups is 4. The van der Waals surface area contributed by atoms with Gasteiger partial charge in [-0.25, -0.2) is 9.13 Å². The Morgan fingerprint density at radius 1 is 0.318 bits per heavy atom. The summed E-state index contributed by atoms with van der Waals surface area (Å²) in [5, 5.41) is 10.6. The molecule has 88 heavy (non-hydrogen) atoms. The van der Waals surface area contributed by atoms with E-state index in [1.54, 1.807) is 0 Å². The number of esters is 4. The van der Waals surface area contributed by atoms with Crippen molar-refractivity contribution in [3.63, 3.8) is 0 Å². The van der Waals surface area contributed by atoms with E-state index in [4.69, 9.17) is 37.0 Å². The van der Waals surface area contributed by atoms with Gasteiger partial charge in [0.25, 0.3) is 0 Å². The number of unbranched alkanes of at least 4 members (excludes halogenated alkanes) is 36. The third-order valence-corrected chi connectivity index (χ3v) is 18.6. The molecule has 0 aliphatic heterocycles. The second-order valence-electron chi connectivity index (χ2n) is 25.4. The van der Waals surface area contributed by atoms with Gasteiger partial charge in [0.2, 0.25) is 0 Å². The standard InChI is InChI=1S/C69H134O17P2/c1-7-11-13-15-17-19-20-21-22-27-34-40-46-52-67(72)80-58-64(85-68(73)53-47-41-35-28-24-23-26-31-37-43-49-61(5)9-3)59-83-87(75,76)81-55-63(70)56-82-88(77,78)84-60-65(57-79-66(71)51-45-39-33-25-18-16-14-12-8-2)86-69(74)54-48-42-36-30-29-32-38-44-50-62(6)10-4/h61-65,70H,7-60H2,1-6H3,(H,75,76)(H,77,78)/t61?,62?,63-,64-,65-/m1/s1. The highest BCUT2D eigenvalue weighted by Gasteiger charge is 2.30. The third-order valence-electron chi connectivity index (χ3n) is 16.7. The number of aliphatic hydroxyl groups excluding tert-OH is 1. The predicted molar refractivity (Wildman–Crippen MR) is 354 cm³/mol. The molecule has 0 aromatic carbocycles. The molecule has 0 bridgehead atoms. The van der Waals surface area contributed by atoms with Crippen molar-refractivity contribution in [1.82, 2.24) is 0 Å². The molecule has 0 amide bonds. The van der Waals surface area contributed by atoms with Crippen LogP contribution in [0.15, 0.2) is 0 Å². The van der Waals surface area contributed by atoms with Crippen LogP contribution in [0.4, 0.5) is 0 Å². The molecular weight excluding hydrogens is 1160 g/mol. The predicted octanol–water partition coefficient (Wildman–Crippen LogP) is 19.6. The molecule has 0 heterocycles. The highest BCUT2D eigenvalue weighted by Crippen LogP contribution is 2.45. The fraction of sp³-hybridized carbons (Fsp3) is 0.942. The Morgan fingerprint density at radius 3 is 0.807 bits per heavy atom. The van der Waals surface area contributed by atoms with E-state index >= 15 is 0 Å². The van der Waals surface area contributed by atoms with Crippen LogP contribution >= 0.6 is 15.6 Å². The van der Waals surface area contributed by atoms with Crippen molar-refractivity contribution >= 4 is 39.5 Å². The first-order valence-electron chi connectivity index (χ1n) is 36.1.